The van der Waals surface area contributed by atoms with Gasteiger partial charge in [-0.05, 0) is 46.2 Å². The van der Waals surface area contributed by atoms with E-state index < -0.39 is 0 Å². The monoisotopic (exact) mass is 292 g/mol. The summed E-state index contributed by atoms with van der Waals surface area (Å²) < 4.78 is 2.14. The Bertz CT molecular complexity index is 528. The molecule has 1 fully saturated rings. The van der Waals surface area contributed by atoms with Crippen LogP contribution in [0.25, 0.3) is 0 Å². The van der Waals surface area contributed by atoms with Gasteiger partial charge in [0.15, 0.2) is 5.75 Å². The first kappa shape index (κ1) is 16.1. The van der Waals surface area contributed by atoms with Crippen LogP contribution in [0.1, 0.15) is 63.4 Å². The van der Waals surface area contributed by atoms with Crippen LogP contribution in [0.5, 0.6) is 5.75 Å². The molecule has 0 radical (unpaired) electrons. The molecule has 21 heavy (non-hydrogen) atoms. The lowest BCUT2D eigenvalue weighted by atomic mass is 10.1. The van der Waals surface area contributed by atoms with E-state index in [1.165, 1.54) is 25.7 Å². The third-order valence-electron chi connectivity index (χ3n) is 4.62. The van der Waals surface area contributed by atoms with Gasteiger partial charge in [0.1, 0.15) is 0 Å². The van der Waals surface area contributed by atoms with Gasteiger partial charge < -0.3 is 9.67 Å². The minimum atomic E-state index is -0.253. The third-order valence-corrected chi connectivity index (χ3v) is 4.62. The fourth-order valence-corrected chi connectivity index (χ4v) is 3.25. The molecule has 4 heteroatoms. The van der Waals surface area contributed by atoms with Crippen molar-refractivity contribution in [3.05, 3.63) is 27.7 Å². The number of hydrogen-bond donors (Lipinski definition) is 1. The Balaban J connectivity index is 2.37. The fraction of sp³-hybridized carbons (Fsp3) is 0.706. The van der Waals surface area contributed by atoms with Gasteiger partial charge in [-0.3, -0.25) is 9.69 Å². The van der Waals surface area contributed by atoms with Crippen molar-refractivity contribution in [3.63, 3.8) is 0 Å². The van der Waals surface area contributed by atoms with E-state index in [9.17, 15) is 9.90 Å². The van der Waals surface area contributed by atoms with Crippen LogP contribution in [0.2, 0.25) is 0 Å². The molecule has 2 heterocycles. The molecule has 1 aromatic heterocycles. The van der Waals surface area contributed by atoms with Gasteiger partial charge in [-0.25, -0.2) is 0 Å². The second-order valence-corrected chi connectivity index (χ2v) is 6.26. The Hall–Kier alpha value is -1.29. The molecule has 0 spiro atoms. The number of likely N-dealkylation sites (tertiary alicyclic amines) is 1. The van der Waals surface area contributed by atoms with Crippen LogP contribution in [-0.4, -0.2) is 27.7 Å². The molecular weight excluding hydrogens is 264 g/mol. The summed E-state index contributed by atoms with van der Waals surface area (Å²) in [6, 6.07) is 1.84. The molecule has 1 unspecified atom stereocenters. The maximum absolute atomic E-state index is 12.0. The summed E-state index contributed by atoms with van der Waals surface area (Å²) in [5.41, 5.74) is 1.48. The van der Waals surface area contributed by atoms with E-state index in [1.807, 2.05) is 6.92 Å². The molecule has 0 amide bonds. The molecule has 1 aromatic rings. The summed E-state index contributed by atoms with van der Waals surface area (Å²) in [4.78, 5) is 14.3. The van der Waals surface area contributed by atoms with Crippen molar-refractivity contribution in [2.24, 2.45) is 0 Å². The van der Waals surface area contributed by atoms with Crippen molar-refractivity contribution >= 4 is 0 Å². The summed E-state index contributed by atoms with van der Waals surface area (Å²) in [6.07, 6.45) is 5.97. The van der Waals surface area contributed by atoms with Crippen molar-refractivity contribution in [2.75, 3.05) is 13.1 Å². The molecular formula is C17H28N2O2. The third kappa shape index (κ3) is 3.67. The summed E-state index contributed by atoms with van der Waals surface area (Å²) in [6.45, 7) is 9.02. The van der Waals surface area contributed by atoms with Crippen LogP contribution in [0, 0.1) is 6.92 Å². The summed E-state index contributed by atoms with van der Waals surface area (Å²) in [5, 5.41) is 10.3. The molecule has 1 saturated heterocycles. The predicted molar refractivity (Wildman–Crippen MR) is 85.9 cm³/mol. The van der Waals surface area contributed by atoms with E-state index in [-0.39, 0.29) is 11.2 Å². The van der Waals surface area contributed by atoms with Gasteiger partial charge in [-0.1, -0.05) is 19.8 Å². The Kier molecular flexibility index (Phi) is 5.45. The van der Waals surface area contributed by atoms with Crippen molar-refractivity contribution < 1.29 is 5.11 Å². The van der Waals surface area contributed by atoms with Crippen molar-refractivity contribution in [1.29, 1.82) is 0 Å². The van der Waals surface area contributed by atoms with Gasteiger partial charge in [0.05, 0.1) is 5.69 Å². The summed E-state index contributed by atoms with van der Waals surface area (Å²) in [7, 11) is 0. The van der Waals surface area contributed by atoms with Gasteiger partial charge in [0.2, 0.25) is 5.43 Å². The topological polar surface area (TPSA) is 45.5 Å². The molecule has 118 valence electrons. The number of hydrogen-bond acceptors (Lipinski definition) is 3. The Morgan fingerprint density at radius 2 is 1.86 bits per heavy atom. The lowest BCUT2D eigenvalue weighted by Gasteiger charge is -2.27. The standard InChI is InChI=1S/C17H28N2O2/c1-4-13(2)19-14(3)11-16(20)17(21)15(19)12-18-9-7-5-6-8-10-18/h11,13,21H,4-10,12H2,1-3H3. The minimum absolute atomic E-state index is 0.0647. The average Bonchev–Trinajstić information content (AvgIpc) is 2.72. The lowest BCUT2D eigenvalue weighted by molar-refractivity contribution is 0.259. The largest absolute Gasteiger partial charge is 0.503 e. The highest BCUT2D eigenvalue weighted by atomic mass is 16.3. The Morgan fingerprint density at radius 3 is 2.43 bits per heavy atom. The van der Waals surface area contributed by atoms with E-state index in [2.05, 4.69) is 23.3 Å². The zero-order valence-electron chi connectivity index (χ0n) is 13.6. The SMILES string of the molecule is CCC(C)n1c(C)cc(=O)c(O)c1CN1CCCCCC1. The maximum atomic E-state index is 12.0. The smallest absolute Gasteiger partial charge is 0.223 e. The highest BCUT2D eigenvalue weighted by Gasteiger charge is 2.19. The van der Waals surface area contributed by atoms with Crippen molar-refractivity contribution in [2.45, 2.75) is 65.5 Å². The van der Waals surface area contributed by atoms with E-state index in [4.69, 9.17) is 0 Å². The number of pyridine rings is 1. The molecule has 0 aliphatic carbocycles. The molecule has 0 aromatic carbocycles. The number of nitrogens with zero attached hydrogens (tertiary/aromatic N) is 2. The molecule has 1 atom stereocenters. The molecule has 2 rings (SSSR count). The summed E-state index contributed by atoms with van der Waals surface area (Å²) in [5.74, 6) is -0.0647. The van der Waals surface area contributed by atoms with Crippen LogP contribution >= 0.6 is 0 Å². The average molecular weight is 292 g/mol. The first-order valence-corrected chi connectivity index (χ1v) is 8.21. The second-order valence-electron chi connectivity index (χ2n) is 6.26. The zero-order valence-corrected chi connectivity index (χ0v) is 13.6. The summed E-state index contributed by atoms with van der Waals surface area (Å²) >= 11 is 0. The predicted octanol–water partition coefficient (Wildman–Crippen LogP) is 3.21. The van der Waals surface area contributed by atoms with Crippen LogP contribution < -0.4 is 5.43 Å². The number of aromatic hydroxyl groups is 1. The fourth-order valence-electron chi connectivity index (χ4n) is 3.25. The van der Waals surface area contributed by atoms with Crippen LogP contribution in [0.15, 0.2) is 10.9 Å². The Labute approximate surface area is 127 Å². The first-order valence-electron chi connectivity index (χ1n) is 8.21. The lowest BCUT2D eigenvalue weighted by Crippen LogP contribution is -2.29. The molecule has 0 saturated carbocycles. The molecule has 1 aliphatic rings. The van der Waals surface area contributed by atoms with E-state index in [0.29, 0.717) is 12.6 Å². The first-order chi connectivity index (χ1) is 10.0. The number of rotatable bonds is 4. The number of aryl methyl sites for hydroxylation is 1. The molecule has 1 N–H and O–H groups in total. The maximum Gasteiger partial charge on any atom is 0.223 e. The molecule has 4 nitrogen and oxygen atoms in total. The van der Waals surface area contributed by atoms with Gasteiger partial charge in [-0.2, -0.15) is 0 Å². The normalized spacial score (nSPS) is 18.4. The van der Waals surface area contributed by atoms with Crippen LogP contribution in [-0.2, 0) is 6.54 Å². The highest BCUT2D eigenvalue weighted by molar-refractivity contribution is 5.30. The minimum Gasteiger partial charge on any atom is -0.503 e. The van der Waals surface area contributed by atoms with Crippen molar-refractivity contribution in [1.82, 2.24) is 9.47 Å². The second kappa shape index (κ2) is 7.12. The van der Waals surface area contributed by atoms with Crippen LogP contribution in [0.3, 0.4) is 0 Å². The highest BCUT2D eigenvalue weighted by Crippen LogP contribution is 2.24. The van der Waals surface area contributed by atoms with Gasteiger partial charge in [0.25, 0.3) is 0 Å². The Morgan fingerprint density at radius 1 is 1.24 bits per heavy atom. The van der Waals surface area contributed by atoms with E-state index in [0.717, 1.165) is 30.9 Å². The van der Waals surface area contributed by atoms with E-state index in [1.54, 1.807) is 6.07 Å². The number of aromatic nitrogens is 1. The van der Waals surface area contributed by atoms with Crippen LogP contribution in [0.4, 0.5) is 0 Å². The van der Waals surface area contributed by atoms with Gasteiger partial charge >= 0.3 is 0 Å². The zero-order chi connectivity index (χ0) is 15.4. The van der Waals surface area contributed by atoms with Gasteiger partial charge in [0, 0.05) is 24.3 Å². The van der Waals surface area contributed by atoms with E-state index >= 15 is 0 Å². The molecule has 0 bridgehead atoms. The molecule has 1 aliphatic heterocycles. The van der Waals surface area contributed by atoms with Crippen molar-refractivity contribution in [3.8, 4) is 5.75 Å². The quantitative estimate of drug-likeness (QED) is 0.927. The van der Waals surface area contributed by atoms with Gasteiger partial charge in [-0.15, -0.1) is 0 Å².